The Balaban J connectivity index is 2.07. The highest BCUT2D eigenvalue weighted by Gasteiger charge is 2.56. The summed E-state index contributed by atoms with van der Waals surface area (Å²) in [7, 11) is 0. The number of para-hydroxylation sites is 1. The first-order valence-corrected chi connectivity index (χ1v) is 11.1. The number of allylic oxidation sites excluding steroid dienone is 6. The van der Waals surface area contributed by atoms with Crippen molar-refractivity contribution in [1.82, 2.24) is 0 Å². The van der Waals surface area contributed by atoms with Gasteiger partial charge in [-0.05, 0) is 87.1 Å². The summed E-state index contributed by atoms with van der Waals surface area (Å²) in [6, 6.07) is 8.42. The minimum Gasteiger partial charge on any atom is -0.474 e. The van der Waals surface area contributed by atoms with E-state index in [1.54, 1.807) is 0 Å². The first kappa shape index (κ1) is 21.0. The molecular weight excluding hydrogens is 364 g/mol. The van der Waals surface area contributed by atoms with Crippen LogP contribution in [-0.2, 0) is 0 Å². The lowest BCUT2D eigenvalue weighted by Crippen LogP contribution is -2.48. The highest BCUT2D eigenvalue weighted by Crippen LogP contribution is 2.61. The first-order valence-electron chi connectivity index (χ1n) is 11.1. The van der Waals surface area contributed by atoms with E-state index in [9.17, 15) is 0 Å². The summed E-state index contributed by atoms with van der Waals surface area (Å²) in [5, 5.41) is 0. The van der Waals surface area contributed by atoms with Crippen LogP contribution in [0.5, 0.6) is 5.75 Å². The van der Waals surface area contributed by atoms with Gasteiger partial charge in [0.1, 0.15) is 5.75 Å². The van der Waals surface area contributed by atoms with Gasteiger partial charge in [-0.3, -0.25) is 0 Å². The minimum absolute atomic E-state index is 0.0709. The van der Waals surface area contributed by atoms with Crippen LogP contribution in [-0.4, -0.2) is 5.60 Å². The van der Waals surface area contributed by atoms with Crippen LogP contribution >= 0.6 is 0 Å². The largest absolute Gasteiger partial charge is 0.474 e. The van der Waals surface area contributed by atoms with Crippen LogP contribution in [0.15, 0.2) is 74.9 Å². The maximum Gasteiger partial charge on any atom is 0.172 e. The SMILES string of the molecule is CC1=C(C)C(C)(C)C(C2(C3=C(C)C(C)=C(C)C3(C)C)C=Cc3ccccc3O2)=C1C. The van der Waals surface area contributed by atoms with Gasteiger partial charge in [0.15, 0.2) is 5.60 Å². The van der Waals surface area contributed by atoms with E-state index in [1.807, 2.05) is 0 Å². The molecule has 0 atom stereocenters. The second kappa shape index (κ2) is 6.36. The van der Waals surface area contributed by atoms with E-state index in [0.717, 1.165) is 11.3 Å². The van der Waals surface area contributed by atoms with Crippen molar-refractivity contribution in [1.29, 1.82) is 0 Å². The van der Waals surface area contributed by atoms with E-state index in [-0.39, 0.29) is 10.8 Å². The average Bonchev–Trinajstić information content (AvgIpc) is 2.95. The lowest BCUT2D eigenvalue weighted by Gasteiger charge is -2.47. The molecule has 3 aliphatic rings. The predicted molar refractivity (Wildman–Crippen MR) is 129 cm³/mol. The van der Waals surface area contributed by atoms with Gasteiger partial charge in [-0.25, -0.2) is 0 Å². The molecule has 0 fully saturated rings. The quantitative estimate of drug-likeness (QED) is 0.486. The van der Waals surface area contributed by atoms with Gasteiger partial charge in [0.25, 0.3) is 0 Å². The Labute approximate surface area is 182 Å². The summed E-state index contributed by atoms with van der Waals surface area (Å²) in [5.41, 5.74) is 11.6. The fraction of sp³-hybridized carbons (Fsp3) is 0.448. The molecule has 0 saturated carbocycles. The van der Waals surface area contributed by atoms with Crippen molar-refractivity contribution in [2.24, 2.45) is 10.8 Å². The Bertz CT molecular complexity index is 1050. The Morgan fingerprint density at radius 1 is 0.633 bits per heavy atom. The molecule has 1 heterocycles. The predicted octanol–water partition coefficient (Wildman–Crippen LogP) is 8.22. The van der Waals surface area contributed by atoms with Crippen molar-refractivity contribution in [3.05, 3.63) is 80.5 Å². The maximum absolute atomic E-state index is 7.14. The van der Waals surface area contributed by atoms with Gasteiger partial charge in [-0.1, -0.05) is 63.1 Å². The third-order valence-corrected chi connectivity index (χ3v) is 8.56. The number of fused-ring (bicyclic) bond motifs is 1. The molecule has 0 saturated heterocycles. The van der Waals surface area contributed by atoms with Crippen molar-refractivity contribution < 1.29 is 4.74 Å². The van der Waals surface area contributed by atoms with E-state index in [1.165, 1.54) is 44.6 Å². The molecule has 2 aliphatic carbocycles. The highest BCUT2D eigenvalue weighted by atomic mass is 16.5. The molecule has 0 N–H and O–H groups in total. The van der Waals surface area contributed by atoms with Crippen LogP contribution in [0.2, 0.25) is 0 Å². The molecule has 1 aromatic rings. The fourth-order valence-electron chi connectivity index (χ4n) is 6.19. The fourth-order valence-corrected chi connectivity index (χ4v) is 6.19. The number of hydrogen-bond donors (Lipinski definition) is 0. The normalized spacial score (nSPS) is 24.1. The summed E-state index contributed by atoms with van der Waals surface area (Å²) < 4.78 is 7.14. The van der Waals surface area contributed by atoms with E-state index in [4.69, 9.17) is 4.74 Å². The number of rotatable bonds is 2. The molecule has 0 amide bonds. The van der Waals surface area contributed by atoms with Crippen LogP contribution in [0.3, 0.4) is 0 Å². The van der Waals surface area contributed by atoms with Crippen molar-refractivity contribution in [3.8, 4) is 5.75 Å². The highest BCUT2D eigenvalue weighted by molar-refractivity contribution is 5.71. The molecule has 0 aromatic heterocycles. The van der Waals surface area contributed by atoms with Crippen LogP contribution in [0.1, 0.15) is 74.8 Å². The third kappa shape index (κ3) is 2.47. The molecule has 1 aromatic carbocycles. The van der Waals surface area contributed by atoms with E-state index in [0.29, 0.717) is 0 Å². The van der Waals surface area contributed by atoms with Gasteiger partial charge in [0, 0.05) is 16.4 Å². The van der Waals surface area contributed by atoms with Crippen LogP contribution in [0.4, 0.5) is 0 Å². The summed E-state index contributed by atoms with van der Waals surface area (Å²) in [6.07, 6.45) is 4.62. The van der Waals surface area contributed by atoms with Crippen LogP contribution in [0, 0.1) is 10.8 Å². The second-order valence-electron chi connectivity index (χ2n) is 10.5. The monoisotopic (exact) mass is 400 g/mol. The number of ether oxygens (including phenoxy) is 1. The standard InChI is InChI=1S/C29H36O/c1-17-19(3)25(27(7,8)21(17)5)29(16-15-23-13-11-12-14-24(23)30-29)26-20(4)18(2)22(6)28(26,9)10/h11-16H,1-10H3. The molecule has 0 radical (unpaired) electrons. The van der Waals surface area contributed by atoms with Crippen LogP contribution in [0.25, 0.3) is 6.08 Å². The van der Waals surface area contributed by atoms with Crippen molar-refractivity contribution in [2.75, 3.05) is 0 Å². The summed E-state index contributed by atoms with van der Waals surface area (Å²) >= 11 is 0. The molecule has 158 valence electrons. The van der Waals surface area contributed by atoms with Crippen LogP contribution < -0.4 is 4.74 Å². The average molecular weight is 401 g/mol. The first-order chi connectivity index (χ1) is 13.9. The summed E-state index contributed by atoms with van der Waals surface area (Å²) in [6.45, 7) is 23.1. The summed E-state index contributed by atoms with van der Waals surface area (Å²) in [5.74, 6) is 0.969. The van der Waals surface area contributed by atoms with Gasteiger partial charge in [-0.2, -0.15) is 0 Å². The maximum atomic E-state index is 7.14. The van der Waals surface area contributed by atoms with Gasteiger partial charge < -0.3 is 4.74 Å². The molecule has 30 heavy (non-hydrogen) atoms. The van der Waals surface area contributed by atoms with Gasteiger partial charge in [-0.15, -0.1) is 0 Å². The molecule has 4 rings (SSSR count). The Hall–Kier alpha value is -2.28. The zero-order chi connectivity index (χ0) is 22.2. The zero-order valence-corrected chi connectivity index (χ0v) is 20.4. The lowest BCUT2D eigenvalue weighted by molar-refractivity contribution is 0.151. The number of hydrogen-bond acceptors (Lipinski definition) is 1. The van der Waals surface area contributed by atoms with Crippen molar-refractivity contribution in [3.63, 3.8) is 0 Å². The lowest BCUT2D eigenvalue weighted by atomic mass is 9.63. The second-order valence-corrected chi connectivity index (χ2v) is 10.5. The molecule has 1 heteroatoms. The molecule has 0 spiro atoms. The zero-order valence-electron chi connectivity index (χ0n) is 20.4. The number of benzene rings is 1. The van der Waals surface area contributed by atoms with Gasteiger partial charge in [0.2, 0.25) is 0 Å². The van der Waals surface area contributed by atoms with E-state index in [2.05, 4.69) is 106 Å². The van der Waals surface area contributed by atoms with E-state index >= 15 is 0 Å². The smallest absolute Gasteiger partial charge is 0.172 e. The topological polar surface area (TPSA) is 9.23 Å². The minimum atomic E-state index is -0.590. The Kier molecular flexibility index (Phi) is 4.45. The van der Waals surface area contributed by atoms with Gasteiger partial charge >= 0.3 is 0 Å². The van der Waals surface area contributed by atoms with E-state index < -0.39 is 5.60 Å². The summed E-state index contributed by atoms with van der Waals surface area (Å²) in [4.78, 5) is 0. The Morgan fingerprint density at radius 2 is 1.10 bits per heavy atom. The Morgan fingerprint density at radius 3 is 1.53 bits per heavy atom. The van der Waals surface area contributed by atoms with Gasteiger partial charge in [0.05, 0.1) is 0 Å². The van der Waals surface area contributed by atoms with Crippen molar-refractivity contribution in [2.45, 2.75) is 74.8 Å². The third-order valence-electron chi connectivity index (χ3n) is 8.56. The molecular formula is C29H36O. The molecule has 0 unspecified atom stereocenters. The molecule has 1 nitrogen and oxygen atoms in total. The van der Waals surface area contributed by atoms with Crippen molar-refractivity contribution >= 4 is 6.08 Å². The molecule has 1 aliphatic heterocycles. The molecule has 0 bridgehead atoms.